The molecule has 7 nitrogen and oxygen atoms in total. The number of piperidine rings is 1. The van der Waals surface area contributed by atoms with Crippen LogP contribution in [0.4, 0.5) is 0 Å². The number of aromatic amines is 1. The average Bonchev–Trinajstić information content (AvgIpc) is 3.23. The molecule has 0 spiro atoms. The lowest BCUT2D eigenvalue weighted by Crippen LogP contribution is -2.38. The minimum atomic E-state index is 0.116. The number of nitrogens with zero attached hydrogens (tertiary/aromatic N) is 4. The van der Waals surface area contributed by atoms with E-state index in [0.717, 1.165) is 23.0 Å². The van der Waals surface area contributed by atoms with E-state index in [2.05, 4.69) is 20.1 Å². The van der Waals surface area contributed by atoms with Crippen molar-refractivity contribution >= 4 is 16.9 Å². The van der Waals surface area contributed by atoms with Gasteiger partial charge < -0.3 is 14.4 Å². The summed E-state index contributed by atoms with van der Waals surface area (Å²) in [7, 11) is 0. The highest BCUT2D eigenvalue weighted by atomic mass is 16.5. The first kappa shape index (κ1) is 13.9. The second-order valence-electron chi connectivity index (χ2n) is 5.76. The number of rotatable bonds is 3. The molecule has 4 rings (SSSR count). The van der Waals surface area contributed by atoms with Gasteiger partial charge in [-0.3, -0.25) is 4.79 Å². The van der Waals surface area contributed by atoms with Crippen molar-refractivity contribution in [2.24, 2.45) is 0 Å². The van der Waals surface area contributed by atoms with Gasteiger partial charge in [0.1, 0.15) is 0 Å². The van der Waals surface area contributed by atoms with Gasteiger partial charge in [-0.2, -0.15) is 4.98 Å². The number of carbonyl (C=O) groups is 1. The van der Waals surface area contributed by atoms with Crippen LogP contribution in [0, 0.1) is 0 Å². The zero-order valence-electron chi connectivity index (χ0n) is 12.8. The molecule has 3 heterocycles. The Bertz CT molecular complexity index is 853. The van der Waals surface area contributed by atoms with Crippen molar-refractivity contribution in [1.29, 1.82) is 0 Å². The molecule has 0 aliphatic carbocycles. The molecule has 3 aromatic rings. The maximum atomic E-state index is 11.8. The fourth-order valence-electron chi connectivity index (χ4n) is 3.01. The van der Waals surface area contributed by atoms with Crippen LogP contribution in [0.1, 0.15) is 31.6 Å². The van der Waals surface area contributed by atoms with Crippen LogP contribution in [0.2, 0.25) is 0 Å². The van der Waals surface area contributed by atoms with Crippen molar-refractivity contribution in [2.45, 2.75) is 25.7 Å². The Morgan fingerprint density at radius 1 is 1.43 bits per heavy atom. The first-order chi connectivity index (χ1) is 11.2. The van der Waals surface area contributed by atoms with Crippen LogP contribution in [-0.4, -0.2) is 44.0 Å². The summed E-state index contributed by atoms with van der Waals surface area (Å²) in [4.78, 5) is 25.4. The van der Waals surface area contributed by atoms with Gasteiger partial charge in [-0.05, 0) is 31.5 Å². The first-order valence-corrected chi connectivity index (χ1v) is 7.79. The van der Waals surface area contributed by atoms with E-state index in [-0.39, 0.29) is 11.8 Å². The molecular formula is C16H17N5O2. The Hall–Kier alpha value is -2.70. The molecule has 1 N–H and O–H groups in total. The lowest BCUT2D eigenvalue weighted by molar-refractivity contribution is -0.133. The molecule has 0 unspecified atom stereocenters. The number of amides is 1. The minimum Gasteiger partial charge on any atom is -0.345 e. The van der Waals surface area contributed by atoms with Crippen molar-refractivity contribution in [3.63, 3.8) is 0 Å². The van der Waals surface area contributed by atoms with E-state index in [4.69, 9.17) is 4.52 Å². The van der Waals surface area contributed by atoms with Gasteiger partial charge in [0.05, 0.1) is 23.3 Å². The largest absolute Gasteiger partial charge is 0.345 e. The predicted octanol–water partition coefficient (Wildman–Crippen LogP) is 2.34. The molecule has 1 aromatic carbocycles. The number of benzene rings is 1. The quantitative estimate of drug-likeness (QED) is 0.802. The van der Waals surface area contributed by atoms with Gasteiger partial charge >= 0.3 is 0 Å². The Kier molecular flexibility index (Phi) is 3.33. The van der Waals surface area contributed by atoms with Crippen LogP contribution in [0.3, 0.4) is 0 Å². The summed E-state index contributed by atoms with van der Waals surface area (Å²) in [6.07, 6.45) is 2.96. The third-order valence-electron chi connectivity index (χ3n) is 4.35. The first-order valence-electron chi connectivity index (χ1n) is 7.79. The van der Waals surface area contributed by atoms with Crippen LogP contribution < -0.4 is 0 Å². The molecule has 1 fully saturated rings. The summed E-state index contributed by atoms with van der Waals surface area (Å²) in [6.45, 7) is 3.35. The molecule has 1 amide bonds. The van der Waals surface area contributed by atoms with Gasteiger partial charge in [-0.1, -0.05) is 5.16 Å². The van der Waals surface area contributed by atoms with Gasteiger partial charge in [-0.25, -0.2) is 4.98 Å². The monoisotopic (exact) mass is 311 g/mol. The summed E-state index contributed by atoms with van der Waals surface area (Å²) in [5, 5.41) is 4.10. The number of hydrogen-bond acceptors (Lipinski definition) is 5. The molecule has 2 aromatic heterocycles. The van der Waals surface area contributed by atoms with Crippen molar-refractivity contribution < 1.29 is 9.32 Å². The molecule has 1 saturated heterocycles. The van der Waals surface area contributed by atoms with Crippen LogP contribution in [0.15, 0.2) is 29.0 Å². The number of likely N-dealkylation sites (tertiary alicyclic amines) is 1. The van der Waals surface area contributed by atoms with Crippen molar-refractivity contribution in [2.75, 3.05) is 13.1 Å². The van der Waals surface area contributed by atoms with E-state index >= 15 is 0 Å². The maximum Gasteiger partial charge on any atom is 0.231 e. The number of imidazole rings is 1. The molecule has 118 valence electrons. The molecule has 1 atom stereocenters. The van der Waals surface area contributed by atoms with Gasteiger partial charge in [-0.15, -0.1) is 0 Å². The molecule has 23 heavy (non-hydrogen) atoms. The molecule has 0 saturated carbocycles. The summed E-state index contributed by atoms with van der Waals surface area (Å²) in [5.41, 5.74) is 2.73. The highest BCUT2D eigenvalue weighted by Gasteiger charge is 2.29. The van der Waals surface area contributed by atoms with E-state index in [1.807, 2.05) is 30.0 Å². The summed E-state index contributed by atoms with van der Waals surface area (Å²) < 4.78 is 5.46. The second-order valence-corrected chi connectivity index (χ2v) is 5.76. The molecule has 7 heteroatoms. The topological polar surface area (TPSA) is 87.9 Å². The summed E-state index contributed by atoms with van der Waals surface area (Å²) >= 11 is 0. The number of hydrogen-bond donors (Lipinski definition) is 1. The number of H-pyrrole nitrogens is 1. The van der Waals surface area contributed by atoms with Crippen LogP contribution in [0.25, 0.3) is 22.4 Å². The van der Waals surface area contributed by atoms with E-state index < -0.39 is 0 Å². The molecule has 1 aliphatic rings. The fraction of sp³-hybridized carbons (Fsp3) is 0.375. The number of fused-ring (bicyclic) bond motifs is 1. The molecule has 1 aliphatic heterocycles. The van der Waals surface area contributed by atoms with Crippen molar-refractivity contribution in [3.05, 3.63) is 30.4 Å². The van der Waals surface area contributed by atoms with Crippen LogP contribution >= 0.6 is 0 Å². The highest BCUT2D eigenvalue weighted by Crippen LogP contribution is 2.28. The van der Waals surface area contributed by atoms with Gasteiger partial charge in [0.2, 0.25) is 17.6 Å². The Morgan fingerprint density at radius 2 is 2.35 bits per heavy atom. The van der Waals surface area contributed by atoms with E-state index in [1.165, 1.54) is 0 Å². The van der Waals surface area contributed by atoms with Crippen LogP contribution in [-0.2, 0) is 4.79 Å². The van der Waals surface area contributed by atoms with Crippen molar-refractivity contribution in [1.82, 2.24) is 25.0 Å². The number of aromatic nitrogens is 4. The fourth-order valence-corrected chi connectivity index (χ4v) is 3.01. The third kappa shape index (κ3) is 2.48. The third-order valence-corrected chi connectivity index (χ3v) is 4.35. The maximum absolute atomic E-state index is 11.8. The van der Waals surface area contributed by atoms with Gasteiger partial charge in [0, 0.05) is 25.1 Å². The smallest absolute Gasteiger partial charge is 0.231 e. The number of nitrogens with one attached hydrogen (secondary N) is 1. The zero-order chi connectivity index (χ0) is 15.8. The highest BCUT2D eigenvalue weighted by molar-refractivity contribution is 5.80. The number of carbonyl (C=O) groups excluding carboxylic acids is 1. The Balaban J connectivity index is 1.60. The zero-order valence-corrected chi connectivity index (χ0v) is 12.8. The number of likely N-dealkylation sites (N-methyl/N-ethyl adjacent to an activating group) is 1. The van der Waals surface area contributed by atoms with E-state index in [0.29, 0.717) is 31.2 Å². The SMILES string of the molecule is CCN1C[C@H](c2nc(-c3ccc4nc[nH]c4c3)no2)CCC1=O. The van der Waals surface area contributed by atoms with Gasteiger partial charge in [0.15, 0.2) is 0 Å². The Morgan fingerprint density at radius 3 is 3.22 bits per heavy atom. The lowest BCUT2D eigenvalue weighted by atomic mass is 9.97. The van der Waals surface area contributed by atoms with Crippen molar-refractivity contribution in [3.8, 4) is 11.4 Å². The Labute approximate surface area is 132 Å². The summed E-state index contributed by atoms with van der Waals surface area (Å²) in [5.74, 6) is 1.49. The standard InChI is InChI=1S/C16H17N5O2/c1-2-21-8-11(4-6-14(21)22)16-19-15(20-23-16)10-3-5-12-13(7-10)18-9-17-12/h3,5,7,9,11H,2,4,6,8H2,1H3,(H,17,18)/t11-/m1/s1. The lowest BCUT2D eigenvalue weighted by Gasteiger charge is -2.29. The van der Waals surface area contributed by atoms with E-state index in [9.17, 15) is 4.79 Å². The average molecular weight is 311 g/mol. The van der Waals surface area contributed by atoms with Gasteiger partial charge in [0.25, 0.3) is 0 Å². The summed E-state index contributed by atoms with van der Waals surface area (Å²) in [6, 6.07) is 5.82. The van der Waals surface area contributed by atoms with E-state index in [1.54, 1.807) is 6.33 Å². The van der Waals surface area contributed by atoms with Crippen LogP contribution in [0.5, 0.6) is 0 Å². The predicted molar refractivity (Wildman–Crippen MR) is 83.6 cm³/mol. The minimum absolute atomic E-state index is 0.116. The normalized spacial score (nSPS) is 18.7. The second kappa shape index (κ2) is 5.49. The molecule has 0 radical (unpaired) electrons. The molecular weight excluding hydrogens is 294 g/mol. The molecule has 0 bridgehead atoms.